The lowest BCUT2D eigenvalue weighted by Gasteiger charge is -2.10. The monoisotopic (exact) mass is 294 g/mol. The Morgan fingerprint density at radius 2 is 2.32 bits per heavy atom. The predicted molar refractivity (Wildman–Crippen MR) is 76.9 cm³/mol. The summed E-state index contributed by atoms with van der Waals surface area (Å²) >= 11 is 2.86. The number of thioether (sulfide) groups is 1. The maximum atomic E-state index is 11.9. The van der Waals surface area contributed by atoms with Gasteiger partial charge in [0.2, 0.25) is 5.91 Å². The number of aromatic nitrogens is 1. The molecule has 0 bridgehead atoms. The normalized spacial score (nSPS) is 12.1. The highest BCUT2D eigenvalue weighted by Crippen LogP contribution is 2.19. The number of nitrogens with one attached hydrogen (secondary N) is 1. The fourth-order valence-corrected chi connectivity index (χ4v) is 2.99. The van der Waals surface area contributed by atoms with Gasteiger partial charge in [0, 0.05) is 17.0 Å². The molecule has 0 aromatic carbocycles. The molecular formula is C13H14N2O2S2. The largest absolute Gasteiger partial charge is 0.618 e. The summed E-state index contributed by atoms with van der Waals surface area (Å²) in [7, 11) is 0. The molecule has 0 aliphatic rings. The second-order valence-electron chi connectivity index (χ2n) is 3.92. The number of hydrogen-bond acceptors (Lipinski definition) is 4. The summed E-state index contributed by atoms with van der Waals surface area (Å²) in [6.07, 6.45) is 1.43. The highest BCUT2D eigenvalue weighted by Gasteiger charge is 2.18. The van der Waals surface area contributed by atoms with E-state index in [-0.39, 0.29) is 11.2 Å². The summed E-state index contributed by atoms with van der Waals surface area (Å²) in [5.41, 5.74) is 0. The molecule has 100 valence electrons. The van der Waals surface area contributed by atoms with Crippen molar-refractivity contribution < 1.29 is 9.52 Å². The minimum atomic E-state index is -0.303. The predicted octanol–water partition coefficient (Wildman–Crippen LogP) is 2.18. The van der Waals surface area contributed by atoms with Crippen molar-refractivity contribution in [1.82, 2.24) is 5.32 Å². The van der Waals surface area contributed by atoms with E-state index in [1.807, 2.05) is 17.5 Å². The van der Waals surface area contributed by atoms with E-state index in [2.05, 4.69) is 5.32 Å². The fourth-order valence-electron chi connectivity index (χ4n) is 1.47. The Balaban J connectivity index is 1.87. The van der Waals surface area contributed by atoms with Crippen molar-refractivity contribution in [2.45, 2.75) is 23.7 Å². The van der Waals surface area contributed by atoms with Gasteiger partial charge >= 0.3 is 0 Å². The number of thiophene rings is 1. The summed E-state index contributed by atoms with van der Waals surface area (Å²) in [4.78, 5) is 13.0. The SMILES string of the molecule is CC(Sc1cccc[n+]1[O-])C(=O)NCc1cccs1. The van der Waals surface area contributed by atoms with Crippen LogP contribution in [0.15, 0.2) is 46.9 Å². The van der Waals surface area contributed by atoms with Gasteiger partial charge in [0.25, 0.3) is 5.03 Å². The lowest BCUT2D eigenvalue weighted by molar-refractivity contribution is -0.645. The van der Waals surface area contributed by atoms with E-state index in [1.54, 1.807) is 36.5 Å². The van der Waals surface area contributed by atoms with Crippen molar-refractivity contribution in [3.8, 4) is 0 Å². The van der Waals surface area contributed by atoms with E-state index in [4.69, 9.17) is 0 Å². The molecule has 2 rings (SSSR count). The van der Waals surface area contributed by atoms with E-state index in [1.165, 1.54) is 18.0 Å². The summed E-state index contributed by atoms with van der Waals surface area (Å²) < 4.78 is 0.772. The van der Waals surface area contributed by atoms with Crippen LogP contribution in [0.1, 0.15) is 11.8 Å². The second kappa shape index (κ2) is 6.58. The Labute approximate surface area is 120 Å². The summed E-state index contributed by atoms with van der Waals surface area (Å²) in [6, 6.07) is 9.09. The molecule has 0 saturated carbocycles. The Morgan fingerprint density at radius 1 is 1.47 bits per heavy atom. The van der Waals surface area contributed by atoms with Gasteiger partial charge in [-0.2, -0.15) is 4.73 Å². The maximum Gasteiger partial charge on any atom is 0.252 e. The minimum absolute atomic E-state index is 0.0674. The number of rotatable bonds is 5. The van der Waals surface area contributed by atoms with Crippen LogP contribution in [0.3, 0.4) is 0 Å². The summed E-state index contributed by atoms with van der Waals surface area (Å²) in [5.74, 6) is -0.0674. The minimum Gasteiger partial charge on any atom is -0.618 e. The number of carbonyl (C=O) groups excluding carboxylic acids is 1. The molecule has 0 fully saturated rings. The molecule has 0 aliphatic carbocycles. The third-order valence-corrected chi connectivity index (χ3v) is 4.47. The Kier molecular flexibility index (Phi) is 4.81. The topological polar surface area (TPSA) is 56.0 Å². The van der Waals surface area contributed by atoms with Crippen molar-refractivity contribution in [1.29, 1.82) is 0 Å². The van der Waals surface area contributed by atoms with Gasteiger partial charge in [-0.15, -0.1) is 11.3 Å². The Hall–Kier alpha value is -1.53. The number of hydrogen-bond donors (Lipinski definition) is 1. The molecule has 19 heavy (non-hydrogen) atoms. The van der Waals surface area contributed by atoms with Gasteiger partial charge < -0.3 is 10.5 Å². The van der Waals surface area contributed by atoms with Gasteiger partial charge in [-0.05, 0) is 36.2 Å². The van der Waals surface area contributed by atoms with E-state index in [9.17, 15) is 10.0 Å². The van der Waals surface area contributed by atoms with Crippen molar-refractivity contribution in [3.05, 3.63) is 52.0 Å². The number of carbonyl (C=O) groups is 1. The zero-order valence-electron chi connectivity index (χ0n) is 10.4. The van der Waals surface area contributed by atoms with Crippen LogP contribution in [0.25, 0.3) is 0 Å². The first-order valence-corrected chi connectivity index (χ1v) is 7.57. The van der Waals surface area contributed by atoms with Crippen LogP contribution >= 0.6 is 23.1 Å². The second-order valence-corrected chi connectivity index (χ2v) is 6.32. The van der Waals surface area contributed by atoms with Crippen molar-refractivity contribution in [2.75, 3.05) is 0 Å². The highest BCUT2D eigenvalue weighted by atomic mass is 32.2. The van der Waals surface area contributed by atoms with Crippen LogP contribution < -0.4 is 10.0 Å². The zero-order valence-corrected chi connectivity index (χ0v) is 12.0. The lowest BCUT2D eigenvalue weighted by atomic mass is 10.4. The van der Waals surface area contributed by atoms with Gasteiger partial charge in [-0.3, -0.25) is 4.79 Å². The first kappa shape index (κ1) is 13.9. The molecule has 2 heterocycles. The van der Waals surface area contributed by atoms with Gasteiger partial charge in [-0.25, -0.2) is 0 Å². The molecule has 1 atom stereocenters. The number of pyridine rings is 1. The van der Waals surface area contributed by atoms with E-state index >= 15 is 0 Å². The van der Waals surface area contributed by atoms with Crippen molar-refractivity contribution in [2.24, 2.45) is 0 Å². The quantitative estimate of drug-likeness (QED) is 0.522. The van der Waals surface area contributed by atoms with Crippen LogP contribution in [0.5, 0.6) is 0 Å². The van der Waals surface area contributed by atoms with Gasteiger partial charge in [0.1, 0.15) is 0 Å². The zero-order chi connectivity index (χ0) is 13.7. The van der Waals surface area contributed by atoms with E-state index in [0.717, 1.165) is 9.61 Å². The van der Waals surface area contributed by atoms with E-state index < -0.39 is 0 Å². The molecule has 1 amide bonds. The van der Waals surface area contributed by atoms with Gasteiger partial charge in [0.15, 0.2) is 6.20 Å². The van der Waals surface area contributed by atoms with Crippen LogP contribution in [0.2, 0.25) is 0 Å². The molecule has 1 unspecified atom stereocenters. The van der Waals surface area contributed by atoms with Crippen LogP contribution in [0.4, 0.5) is 0 Å². The third kappa shape index (κ3) is 3.97. The van der Waals surface area contributed by atoms with Gasteiger partial charge in [-0.1, -0.05) is 6.07 Å². The number of nitrogens with zero attached hydrogens (tertiary/aromatic N) is 1. The molecule has 0 radical (unpaired) electrons. The summed E-state index contributed by atoms with van der Waals surface area (Å²) in [6.45, 7) is 2.33. The molecule has 1 N–H and O–H groups in total. The smallest absolute Gasteiger partial charge is 0.252 e. The van der Waals surface area contributed by atoms with E-state index in [0.29, 0.717) is 11.6 Å². The molecule has 6 heteroatoms. The van der Waals surface area contributed by atoms with Crippen LogP contribution in [-0.2, 0) is 11.3 Å². The van der Waals surface area contributed by atoms with Crippen LogP contribution in [0, 0.1) is 5.21 Å². The van der Waals surface area contributed by atoms with Crippen molar-refractivity contribution in [3.63, 3.8) is 0 Å². The maximum absolute atomic E-state index is 11.9. The lowest BCUT2D eigenvalue weighted by Crippen LogP contribution is -2.33. The molecule has 2 aromatic heterocycles. The molecule has 0 spiro atoms. The molecular weight excluding hydrogens is 280 g/mol. The average Bonchev–Trinajstić information content (AvgIpc) is 2.91. The molecule has 2 aromatic rings. The first-order valence-electron chi connectivity index (χ1n) is 5.82. The fraction of sp³-hybridized carbons (Fsp3) is 0.231. The molecule has 4 nitrogen and oxygen atoms in total. The van der Waals surface area contributed by atoms with Crippen LogP contribution in [-0.4, -0.2) is 11.2 Å². The Bertz CT molecular complexity index is 543. The molecule has 0 saturated heterocycles. The average molecular weight is 294 g/mol. The highest BCUT2D eigenvalue weighted by molar-refractivity contribution is 8.00. The summed E-state index contributed by atoms with van der Waals surface area (Å²) in [5, 5.41) is 16.6. The molecule has 0 aliphatic heterocycles. The Morgan fingerprint density at radius 3 is 3.00 bits per heavy atom. The standard InChI is InChI=1S/C13H14N2O2S2/c1-10(19-12-6-2-3-7-15(12)17)13(16)14-9-11-5-4-8-18-11/h2-8,10H,9H2,1H3,(H,14,16). The van der Waals surface area contributed by atoms with Crippen molar-refractivity contribution >= 4 is 29.0 Å². The third-order valence-electron chi connectivity index (χ3n) is 2.47. The number of amides is 1. The van der Waals surface area contributed by atoms with Gasteiger partial charge in [0.05, 0.1) is 11.8 Å². The first-order chi connectivity index (χ1) is 9.16.